The number of nitrogens with one attached hydrogen (secondary N) is 3. The monoisotopic (exact) mass is 690 g/mol. The number of ether oxygens (including phenoxy) is 5. The van der Waals surface area contributed by atoms with Crippen LogP contribution in [0.1, 0.15) is 87.5 Å². The van der Waals surface area contributed by atoms with Crippen LogP contribution in [0.3, 0.4) is 0 Å². The van der Waals surface area contributed by atoms with Crippen molar-refractivity contribution < 1.29 is 53.7 Å². The van der Waals surface area contributed by atoms with Crippen LogP contribution in [0.25, 0.3) is 0 Å². The molecule has 1 aliphatic carbocycles. The van der Waals surface area contributed by atoms with Gasteiger partial charge in [0.05, 0.1) is 37.1 Å². The van der Waals surface area contributed by atoms with Crippen molar-refractivity contribution >= 4 is 12.2 Å². The Labute approximate surface area is 284 Å². The molecule has 0 radical (unpaired) electrons. The Kier molecular flexibility index (Phi) is 14.7. The van der Waals surface area contributed by atoms with Crippen LogP contribution in [0.5, 0.6) is 0 Å². The molecular weight excluding hydrogens is 628 g/mol. The molecular formula is C33H62N4O11. The van der Waals surface area contributed by atoms with Crippen LogP contribution in [-0.4, -0.2) is 131 Å². The number of hydrogen-bond acceptors (Lipinski definition) is 13. The molecule has 2 aliphatic heterocycles. The van der Waals surface area contributed by atoms with Gasteiger partial charge in [0.1, 0.15) is 29.5 Å². The lowest BCUT2D eigenvalue weighted by molar-refractivity contribution is -0.309. The molecule has 2 heterocycles. The fourth-order valence-electron chi connectivity index (χ4n) is 6.79. The van der Waals surface area contributed by atoms with E-state index in [1.165, 1.54) is 0 Å². The molecule has 0 aromatic rings. The molecule has 0 aromatic heterocycles. The van der Waals surface area contributed by atoms with E-state index in [0.717, 1.165) is 19.3 Å². The highest BCUT2D eigenvalue weighted by Crippen LogP contribution is 2.40. The minimum atomic E-state index is -1.42. The van der Waals surface area contributed by atoms with Crippen molar-refractivity contribution in [1.29, 1.82) is 0 Å². The number of nitrogens with two attached hydrogens (primary N) is 1. The Morgan fingerprint density at radius 2 is 1.54 bits per heavy atom. The van der Waals surface area contributed by atoms with Gasteiger partial charge in [-0.05, 0) is 86.1 Å². The first-order valence-corrected chi connectivity index (χ1v) is 17.4. The number of alkyl carbamates (subject to hydrolysis) is 2. The van der Waals surface area contributed by atoms with E-state index in [2.05, 4.69) is 16.0 Å². The van der Waals surface area contributed by atoms with Gasteiger partial charge >= 0.3 is 12.2 Å². The van der Waals surface area contributed by atoms with Crippen molar-refractivity contribution in [2.75, 3.05) is 19.7 Å². The topological polar surface area (TPSA) is 223 Å². The summed E-state index contributed by atoms with van der Waals surface area (Å²) < 4.78 is 29.5. The summed E-state index contributed by atoms with van der Waals surface area (Å²) in [4.78, 5) is 25.1. The average Bonchev–Trinajstić information content (AvgIpc) is 2.97. The normalized spacial score (nSPS) is 37.8. The molecule has 48 heavy (non-hydrogen) atoms. The number of carbonyl (C=O) groups excluding carboxylic acids is 2. The standard InChI is InChI=1S/C33H62N4O11/c1-9-18-11-12-19(35-13-10-14-36-30(42)47-32(3,4)5)28(44-18)22-20(37-31(43)48-33(6,7)8)15-17(2)27(25(22)40)46-29-26(41)23(34)24(39)21(16-38)45-29/h17-29,35,38-41H,9-16,34H2,1-8H3,(H,36,42)(H,37,43). The van der Waals surface area contributed by atoms with Gasteiger partial charge in [0, 0.05) is 24.5 Å². The molecule has 0 aromatic carbocycles. The first-order valence-electron chi connectivity index (χ1n) is 17.4. The lowest BCUT2D eigenvalue weighted by atomic mass is 9.70. The fraction of sp³-hybridized carbons (Fsp3) is 0.939. The molecule has 9 N–H and O–H groups in total. The predicted octanol–water partition coefficient (Wildman–Crippen LogP) is 0.879. The van der Waals surface area contributed by atoms with E-state index < -0.39 is 90.9 Å². The lowest BCUT2D eigenvalue weighted by Gasteiger charge is -2.51. The number of carbonyl (C=O) groups is 2. The van der Waals surface area contributed by atoms with E-state index in [-0.39, 0.29) is 18.1 Å². The summed E-state index contributed by atoms with van der Waals surface area (Å²) in [5.41, 5.74) is 4.70. The second kappa shape index (κ2) is 17.4. The third kappa shape index (κ3) is 11.4. The van der Waals surface area contributed by atoms with Crippen LogP contribution >= 0.6 is 0 Å². The zero-order valence-electron chi connectivity index (χ0n) is 29.9. The Morgan fingerprint density at radius 1 is 0.896 bits per heavy atom. The number of amides is 2. The highest BCUT2D eigenvalue weighted by atomic mass is 16.7. The van der Waals surface area contributed by atoms with Gasteiger partial charge in [-0.25, -0.2) is 9.59 Å². The molecule has 2 saturated heterocycles. The van der Waals surface area contributed by atoms with Crippen molar-refractivity contribution in [3.8, 4) is 0 Å². The van der Waals surface area contributed by atoms with Crippen molar-refractivity contribution in [3.63, 3.8) is 0 Å². The van der Waals surface area contributed by atoms with Gasteiger partial charge in [-0.15, -0.1) is 0 Å². The first-order chi connectivity index (χ1) is 22.3. The first kappa shape index (κ1) is 40.6. The van der Waals surface area contributed by atoms with Crippen LogP contribution < -0.4 is 21.7 Å². The molecule has 13 atom stereocenters. The molecule has 13 unspecified atom stereocenters. The van der Waals surface area contributed by atoms with Crippen LogP contribution in [0.4, 0.5) is 9.59 Å². The van der Waals surface area contributed by atoms with Crippen molar-refractivity contribution in [2.24, 2.45) is 17.6 Å². The van der Waals surface area contributed by atoms with Gasteiger partial charge in [-0.2, -0.15) is 0 Å². The van der Waals surface area contributed by atoms with Gasteiger partial charge in [0.2, 0.25) is 0 Å². The predicted molar refractivity (Wildman–Crippen MR) is 176 cm³/mol. The maximum Gasteiger partial charge on any atom is 0.407 e. The van der Waals surface area contributed by atoms with E-state index >= 15 is 0 Å². The number of aliphatic hydroxyl groups is 4. The Bertz CT molecular complexity index is 1020. The second-order valence-corrected chi connectivity index (χ2v) is 15.5. The molecule has 3 fully saturated rings. The van der Waals surface area contributed by atoms with Crippen molar-refractivity contribution in [3.05, 3.63) is 0 Å². The molecule has 2 amide bonds. The van der Waals surface area contributed by atoms with Crippen LogP contribution in [0.2, 0.25) is 0 Å². The summed E-state index contributed by atoms with van der Waals surface area (Å²) in [7, 11) is 0. The van der Waals surface area contributed by atoms with Gasteiger partial charge in [-0.1, -0.05) is 13.8 Å². The Hall–Kier alpha value is -1.82. The Morgan fingerprint density at radius 3 is 2.15 bits per heavy atom. The number of hydrogen-bond donors (Lipinski definition) is 8. The quantitative estimate of drug-likeness (QED) is 0.141. The SMILES string of the molecule is CCC1CCC(NCCCNC(=O)OC(C)(C)C)C(C2C(NC(=O)OC(C)(C)C)CC(C)C(OC3OC(CO)C(O)C(N)C3O)C2O)O1. The van der Waals surface area contributed by atoms with Gasteiger partial charge in [0.15, 0.2) is 6.29 Å². The maximum atomic E-state index is 13.1. The largest absolute Gasteiger partial charge is 0.444 e. The molecule has 3 aliphatic rings. The number of aliphatic hydroxyl groups excluding tert-OH is 4. The third-order valence-electron chi connectivity index (χ3n) is 9.12. The Balaban J connectivity index is 1.83. The molecule has 15 nitrogen and oxygen atoms in total. The van der Waals surface area contributed by atoms with Gasteiger partial charge in [0.25, 0.3) is 0 Å². The van der Waals surface area contributed by atoms with Crippen molar-refractivity contribution in [1.82, 2.24) is 16.0 Å². The van der Waals surface area contributed by atoms with Gasteiger partial charge in [-0.3, -0.25) is 0 Å². The van der Waals surface area contributed by atoms with Crippen molar-refractivity contribution in [2.45, 2.75) is 166 Å². The molecule has 0 spiro atoms. The van der Waals surface area contributed by atoms with E-state index in [0.29, 0.717) is 25.9 Å². The highest BCUT2D eigenvalue weighted by Gasteiger charge is 2.53. The maximum absolute atomic E-state index is 13.1. The lowest BCUT2D eigenvalue weighted by Crippen LogP contribution is -2.67. The second-order valence-electron chi connectivity index (χ2n) is 15.5. The van der Waals surface area contributed by atoms with E-state index in [9.17, 15) is 30.0 Å². The molecule has 3 rings (SSSR count). The molecule has 0 bridgehead atoms. The van der Waals surface area contributed by atoms with Crippen LogP contribution in [0.15, 0.2) is 0 Å². The summed E-state index contributed by atoms with van der Waals surface area (Å²) in [6.07, 6.45) is -5.60. The zero-order valence-corrected chi connectivity index (χ0v) is 29.9. The van der Waals surface area contributed by atoms with Gasteiger partial charge < -0.3 is 65.8 Å². The van der Waals surface area contributed by atoms with E-state index in [1.807, 2.05) is 13.8 Å². The summed E-state index contributed by atoms with van der Waals surface area (Å²) in [5, 5.41) is 52.3. The summed E-state index contributed by atoms with van der Waals surface area (Å²) in [6, 6.07) is -1.90. The van der Waals surface area contributed by atoms with Crippen LogP contribution in [0, 0.1) is 11.8 Å². The molecule has 1 saturated carbocycles. The van der Waals surface area contributed by atoms with Crippen LogP contribution in [-0.2, 0) is 23.7 Å². The highest BCUT2D eigenvalue weighted by molar-refractivity contribution is 5.68. The van der Waals surface area contributed by atoms with E-state index in [4.69, 9.17) is 29.4 Å². The summed E-state index contributed by atoms with van der Waals surface area (Å²) in [6.45, 7) is 15.0. The fourth-order valence-corrected chi connectivity index (χ4v) is 6.79. The minimum absolute atomic E-state index is 0.0664. The minimum Gasteiger partial charge on any atom is -0.444 e. The molecule has 280 valence electrons. The average molecular weight is 691 g/mol. The van der Waals surface area contributed by atoms with E-state index in [1.54, 1.807) is 41.5 Å². The zero-order chi connectivity index (χ0) is 36.0. The molecule has 15 heteroatoms. The summed E-state index contributed by atoms with van der Waals surface area (Å²) >= 11 is 0. The number of rotatable bonds is 11. The third-order valence-corrected chi connectivity index (χ3v) is 9.12. The smallest absolute Gasteiger partial charge is 0.407 e. The summed E-state index contributed by atoms with van der Waals surface area (Å²) in [5.74, 6) is -1.00.